The van der Waals surface area contributed by atoms with Gasteiger partial charge in [-0.25, -0.2) is 0 Å². The van der Waals surface area contributed by atoms with E-state index in [2.05, 4.69) is 77.1 Å². The van der Waals surface area contributed by atoms with Crippen molar-refractivity contribution in [2.24, 2.45) is 0 Å². The van der Waals surface area contributed by atoms with Crippen LogP contribution < -0.4 is 5.32 Å². The minimum Gasteiger partial charge on any atom is -0.388 e. The number of rotatable bonds is 4. The lowest BCUT2D eigenvalue weighted by Crippen LogP contribution is -1.98. The Balaban J connectivity index is 2.39. The van der Waals surface area contributed by atoms with Crippen LogP contribution in [-0.2, 0) is 0 Å². The van der Waals surface area contributed by atoms with Gasteiger partial charge in [0, 0.05) is 29.4 Å². The summed E-state index contributed by atoms with van der Waals surface area (Å²) in [7, 11) is 1.94. The highest BCUT2D eigenvalue weighted by atomic mass is 15.0. The number of hydrogen-bond acceptors (Lipinski definition) is 1. The molecule has 0 aliphatic carbocycles. The summed E-state index contributed by atoms with van der Waals surface area (Å²) in [5.41, 5.74) is 5.75. The molecule has 0 spiro atoms. The molecule has 0 aliphatic heterocycles. The summed E-state index contributed by atoms with van der Waals surface area (Å²) in [4.78, 5) is 0. The molecule has 3 rings (SSSR count). The number of aromatic nitrogens is 1. The van der Waals surface area contributed by atoms with Crippen molar-refractivity contribution >= 4 is 28.7 Å². The second-order valence-corrected chi connectivity index (χ2v) is 5.16. The molecule has 0 unspecified atom stereocenters. The van der Waals surface area contributed by atoms with Gasteiger partial charge >= 0.3 is 0 Å². The van der Waals surface area contributed by atoms with Gasteiger partial charge in [-0.1, -0.05) is 43.0 Å². The van der Waals surface area contributed by atoms with Crippen molar-refractivity contribution in [2.75, 3.05) is 12.4 Å². The Morgan fingerprint density at radius 2 is 1.91 bits per heavy atom. The first-order valence-corrected chi connectivity index (χ1v) is 7.47. The number of allylic oxidation sites excluding steroid dienone is 1. The fourth-order valence-electron chi connectivity index (χ4n) is 2.91. The van der Waals surface area contributed by atoms with E-state index in [4.69, 9.17) is 0 Å². The first-order chi connectivity index (χ1) is 10.8. The largest absolute Gasteiger partial charge is 0.388 e. The molecule has 2 heteroatoms. The van der Waals surface area contributed by atoms with Gasteiger partial charge in [0.2, 0.25) is 0 Å². The van der Waals surface area contributed by atoms with Gasteiger partial charge in [0.15, 0.2) is 0 Å². The molecule has 22 heavy (non-hydrogen) atoms. The minimum absolute atomic E-state index is 1.10. The number of benzene rings is 2. The summed E-state index contributed by atoms with van der Waals surface area (Å²) < 4.78 is 2.26. The zero-order valence-corrected chi connectivity index (χ0v) is 13.0. The molecule has 3 aromatic rings. The number of anilines is 1. The Morgan fingerprint density at radius 1 is 1.09 bits per heavy atom. The van der Waals surface area contributed by atoms with E-state index < -0.39 is 0 Å². The van der Waals surface area contributed by atoms with Crippen LogP contribution in [0.4, 0.5) is 5.69 Å². The summed E-state index contributed by atoms with van der Waals surface area (Å²) in [6, 6.07) is 16.9. The summed E-state index contributed by atoms with van der Waals surface area (Å²) in [6.07, 6.45) is 6.16. The molecular weight excluding hydrogens is 268 g/mol. The fourth-order valence-corrected chi connectivity index (χ4v) is 2.91. The van der Waals surface area contributed by atoms with Crippen LogP contribution in [0.3, 0.4) is 0 Å². The van der Waals surface area contributed by atoms with E-state index >= 15 is 0 Å². The van der Waals surface area contributed by atoms with Crippen LogP contribution in [0, 0.1) is 0 Å². The molecule has 0 fully saturated rings. The minimum atomic E-state index is 1.10. The summed E-state index contributed by atoms with van der Waals surface area (Å²) in [5.74, 6) is 0. The van der Waals surface area contributed by atoms with Gasteiger partial charge in [0.05, 0.1) is 11.2 Å². The third-order valence-corrected chi connectivity index (χ3v) is 3.87. The average Bonchev–Trinajstić information content (AvgIpc) is 2.89. The van der Waals surface area contributed by atoms with Crippen LogP contribution in [0.25, 0.3) is 28.7 Å². The quantitative estimate of drug-likeness (QED) is 0.685. The third-order valence-electron chi connectivity index (χ3n) is 3.87. The number of para-hydroxylation sites is 1. The van der Waals surface area contributed by atoms with Crippen molar-refractivity contribution in [3.05, 3.63) is 72.4 Å². The standard InChI is InChI=1S/C20H20N2/c1-4-9-17-18-12-6-7-13-20(18)22(19(17)5-2)16-11-8-10-15(14-16)21-3/h4-14,21H,2H2,1,3H3. The van der Waals surface area contributed by atoms with Gasteiger partial charge in [0.1, 0.15) is 0 Å². The zero-order chi connectivity index (χ0) is 15.5. The van der Waals surface area contributed by atoms with E-state index in [1.165, 1.54) is 16.5 Å². The Kier molecular flexibility index (Phi) is 3.84. The first-order valence-electron chi connectivity index (χ1n) is 7.47. The van der Waals surface area contributed by atoms with Gasteiger partial charge in [-0.05, 0) is 37.3 Å². The number of hydrogen-bond donors (Lipinski definition) is 1. The molecular formula is C20H20N2. The van der Waals surface area contributed by atoms with E-state index in [0.717, 1.165) is 17.1 Å². The van der Waals surface area contributed by atoms with Crippen molar-refractivity contribution < 1.29 is 0 Å². The lowest BCUT2D eigenvalue weighted by atomic mass is 10.1. The Labute approximate surface area is 131 Å². The Bertz CT molecular complexity index is 853. The average molecular weight is 288 g/mol. The maximum atomic E-state index is 4.03. The molecule has 0 amide bonds. The Morgan fingerprint density at radius 3 is 2.64 bits per heavy atom. The molecule has 110 valence electrons. The molecule has 0 atom stereocenters. The zero-order valence-electron chi connectivity index (χ0n) is 13.0. The third kappa shape index (κ3) is 2.23. The van der Waals surface area contributed by atoms with Crippen LogP contribution in [0.2, 0.25) is 0 Å². The summed E-state index contributed by atoms with van der Waals surface area (Å²) in [6.45, 7) is 6.07. The fraction of sp³-hybridized carbons (Fsp3) is 0.100. The van der Waals surface area contributed by atoms with Gasteiger partial charge in [0.25, 0.3) is 0 Å². The molecule has 0 bridgehead atoms. The van der Waals surface area contributed by atoms with E-state index in [-0.39, 0.29) is 0 Å². The van der Waals surface area contributed by atoms with Crippen molar-refractivity contribution in [1.82, 2.24) is 4.57 Å². The normalized spacial score (nSPS) is 11.2. The number of nitrogens with zero attached hydrogens (tertiary/aromatic N) is 1. The second-order valence-electron chi connectivity index (χ2n) is 5.16. The van der Waals surface area contributed by atoms with Crippen LogP contribution in [0.15, 0.2) is 61.2 Å². The van der Waals surface area contributed by atoms with Gasteiger partial charge in [-0.2, -0.15) is 0 Å². The number of fused-ring (bicyclic) bond motifs is 1. The summed E-state index contributed by atoms with van der Waals surface area (Å²) >= 11 is 0. The monoisotopic (exact) mass is 288 g/mol. The van der Waals surface area contributed by atoms with Crippen LogP contribution in [0.5, 0.6) is 0 Å². The van der Waals surface area contributed by atoms with Crippen LogP contribution >= 0.6 is 0 Å². The molecule has 2 aromatic carbocycles. The highest BCUT2D eigenvalue weighted by Gasteiger charge is 2.14. The molecule has 1 heterocycles. The first kappa shape index (κ1) is 14.2. The highest BCUT2D eigenvalue weighted by Crippen LogP contribution is 2.32. The molecule has 0 saturated heterocycles. The lowest BCUT2D eigenvalue weighted by molar-refractivity contribution is 1.11. The smallest absolute Gasteiger partial charge is 0.0541 e. The highest BCUT2D eigenvalue weighted by molar-refractivity contribution is 5.95. The predicted octanol–water partition coefficient (Wildman–Crippen LogP) is 5.35. The van der Waals surface area contributed by atoms with Gasteiger partial charge in [-0.15, -0.1) is 0 Å². The van der Waals surface area contributed by atoms with Crippen LogP contribution in [-0.4, -0.2) is 11.6 Å². The second kappa shape index (κ2) is 5.94. The molecule has 0 aliphatic rings. The maximum Gasteiger partial charge on any atom is 0.0541 e. The van der Waals surface area contributed by atoms with Crippen molar-refractivity contribution in [3.63, 3.8) is 0 Å². The summed E-state index contributed by atoms with van der Waals surface area (Å²) in [5, 5.41) is 4.44. The van der Waals surface area contributed by atoms with E-state index in [1.807, 2.05) is 20.0 Å². The van der Waals surface area contributed by atoms with Crippen molar-refractivity contribution in [2.45, 2.75) is 6.92 Å². The van der Waals surface area contributed by atoms with E-state index in [9.17, 15) is 0 Å². The molecule has 0 radical (unpaired) electrons. The molecule has 1 aromatic heterocycles. The number of nitrogens with one attached hydrogen (secondary N) is 1. The maximum absolute atomic E-state index is 4.03. The van der Waals surface area contributed by atoms with Crippen molar-refractivity contribution in [3.8, 4) is 5.69 Å². The van der Waals surface area contributed by atoms with Crippen molar-refractivity contribution in [1.29, 1.82) is 0 Å². The lowest BCUT2D eigenvalue weighted by Gasteiger charge is -2.11. The van der Waals surface area contributed by atoms with Gasteiger partial charge in [-0.3, -0.25) is 0 Å². The molecule has 2 nitrogen and oxygen atoms in total. The SMILES string of the molecule is C=Cc1c(C=CC)c2ccccc2n1-c1cccc(NC)c1. The van der Waals surface area contributed by atoms with E-state index in [1.54, 1.807) is 0 Å². The van der Waals surface area contributed by atoms with Gasteiger partial charge < -0.3 is 9.88 Å². The van der Waals surface area contributed by atoms with Crippen LogP contribution in [0.1, 0.15) is 18.2 Å². The predicted molar refractivity (Wildman–Crippen MR) is 97.6 cm³/mol. The topological polar surface area (TPSA) is 17.0 Å². The molecule has 0 saturated carbocycles. The van der Waals surface area contributed by atoms with E-state index in [0.29, 0.717) is 0 Å². The molecule has 1 N–H and O–H groups in total. The Hall–Kier alpha value is -2.74.